The van der Waals surface area contributed by atoms with Crippen molar-refractivity contribution in [2.24, 2.45) is 5.73 Å². The Bertz CT molecular complexity index is 480. The number of nitrogens with two attached hydrogens (primary N) is 1. The van der Waals surface area contributed by atoms with E-state index in [-0.39, 0.29) is 0 Å². The molecular weight excluding hydrogens is 218 g/mol. The van der Waals surface area contributed by atoms with Crippen LogP contribution < -0.4 is 5.73 Å². The molecule has 0 aliphatic heterocycles. The van der Waals surface area contributed by atoms with Crippen LogP contribution in [-0.4, -0.2) is 20.1 Å². The molecular formula is C11H15N5O. The van der Waals surface area contributed by atoms with Gasteiger partial charge in [0.1, 0.15) is 0 Å². The molecule has 2 aromatic rings. The molecule has 1 unspecified atom stereocenters. The predicted octanol–water partition coefficient (Wildman–Crippen LogP) is 1.50. The molecule has 0 aliphatic carbocycles. The number of rotatable bonds is 4. The summed E-state index contributed by atoms with van der Waals surface area (Å²) in [6.45, 7) is 3.93. The Balaban J connectivity index is 2.28. The number of nitrogens with zero attached hydrogens (tertiary/aromatic N) is 4. The standard InChI is InChI=1S/C11H15N5O/c1-3-5-11(2,12)10-15-9(16-17-10)8-13-6-4-7-14-8/h4,6-7H,3,5,12H2,1-2H3. The number of aromatic nitrogens is 4. The molecule has 1 atom stereocenters. The first kappa shape index (κ1) is 11.7. The summed E-state index contributed by atoms with van der Waals surface area (Å²) >= 11 is 0. The monoisotopic (exact) mass is 233 g/mol. The van der Waals surface area contributed by atoms with Crippen LogP contribution in [0.15, 0.2) is 23.0 Å². The molecule has 0 saturated carbocycles. The minimum Gasteiger partial charge on any atom is -0.337 e. The third-order valence-electron chi connectivity index (χ3n) is 2.45. The van der Waals surface area contributed by atoms with E-state index in [4.69, 9.17) is 10.3 Å². The van der Waals surface area contributed by atoms with E-state index in [1.54, 1.807) is 18.5 Å². The molecule has 0 saturated heterocycles. The van der Waals surface area contributed by atoms with Crippen molar-refractivity contribution in [3.8, 4) is 11.6 Å². The second-order valence-electron chi connectivity index (χ2n) is 4.16. The minimum atomic E-state index is -0.602. The van der Waals surface area contributed by atoms with Gasteiger partial charge in [-0.2, -0.15) is 4.98 Å². The average molecular weight is 233 g/mol. The quantitative estimate of drug-likeness (QED) is 0.860. The highest BCUT2D eigenvalue weighted by Crippen LogP contribution is 2.22. The van der Waals surface area contributed by atoms with Gasteiger partial charge in [-0.3, -0.25) is 0 Å². The normalized spacial score (nSPS) is 14.5. The zero-order valence-corrected chi connectivity index (χ0v) is 9.92. The number of hydrogen-bond donors (Lipinski definition) is 1. The molecule has 0 radical (unpaired) electrons. The van der Waals surface area contributed by atoms with Crippen molar-refractivity contribution in [1.29, 1.82) is 0 Å². The van der Waals surface area contributed by atoms with Crippen molar-refractivity contribution in [1.82, 2.24) is 20.1 Å². The van der Waals surface area contributed by atoms with Crippen LogP contribution in [0.1, 0.15) is 32.6 Å². The third kappa shape index (κ3) is 2.47. The summed E-state index contributed by atoms with van der Waals surface area (Å²) in [4.78, 5) is 12.3. The molecule has 0 spiro atoms. The zero-order valence-electron chi connectivity index (χ0n) is 9.92. The van der Waals surface area contributed by atoms with Crippen LogP contribution in [0.25, 0.3) is 11.6 Å². The Morgan fingerprint density at radius 1 is 1.29 bits per heavy atom. The maximum Gasteiger partial charge on any atom is 0.246 e. The molecule has 0 bridgehead atoms. The summed E-state index contributed by atoms with van der Waals surface area (Å²) in [5.41, 5.74) is 5.50. The molecule has 6 nitrogen and oxygen atoms in total. The van der Waals surface area contributed by atoms with Crippen LogP contribution in [-0.2, 0) is 5.54 Å². The summed E-state index contributed by atoms with van der Waals surface area (Å²) in [6.07, 6.45) is 4.99. The summed E-state index contributed by atoms with van der Waals surface area (Å²) in [5.74, 6) is 1.23. The van der Waals surface area contributed by atoms with Crippen LogP contribution in [0.2, 0.25) is 0 Å². The Kier molecular flexibility index (Phi) is 3.14. The average Bonchev–Trinajstić information content (AvgIpc) is 2.80. The van der Waals surface area contributed by atoms with Gasteiger partial charge < -0.3 is 10.3 Å². The van der Waals surface area contributed by atoms with Gasteiger partial charge >= 0.3 is 0 Å². The van der Waals surface area contributed by atoms with Gasteiger partial charge in [0.2, 0.25) is 17.5 Å². The molecule has 2 aromatic heterocycles. The van der Waals surface area contributed by atoms with Crippen molar-refractivity contribution < 1.29 is 4.52 Å². The largest absolute Gasteiger partial charge is 0.337 e. The molecule has 2 rings (SSSR count). The molecule has 2 N–H and O–H groups in total. The topological polar surface area (TPSA) is 90.7 Å². The first-order valence-electron chi connectivity index (χ1n) is 5.54. The second-order valence-corrected chi connectivity index (χ2v) is 4.16. The fourth-order valence-corrected chi connectivity index (χ4v) is 1.59. The first-order chi connectivity index (χ1) is 8.13. The molecule has 0 amide bonds. The van der Waals surface area contributed by atoms with Crippen LogP contribution in [0.4, 0.5) is 0 Å². The lowest BCUT2D eigenvalue weighted by molar-refractivity contribution is 0.284. The van der Waals surface area contributed by atoms with Crippen LogP contribution in [0, 0.1) is 0 Å². The van der Waals surface area contributed by atoms with E-state index >= 15 is 0 Å². The molecule has 2 heterocycles. The zero-order chi connectivity index (χ0) is 12.3. The third-order valence-corrected chi connectivity index (χ3v) is 2.45. The number of hydrogen-bond acceptors (Lipinski definition) is 6. The second kappa shape index (κ2) is 4.58. The highest BCUT2D eigenvalue weighted by molar-refractivity contribution is 5.40. The highest BCUT2D eigenvalue weighted by Gasteiger charge is 2.27. The lowest BCUT2D eigenvalue weighted by Crippen LogP contribution is -2.33. The van der Waals surface area contributed by atoms with Crippen molar-refractivity contribution >= 4 is 0 Å². The van der Waals surface area contributed by atoms with Gasteiger partial charge in [0.15, 0.2) is 0 Å². The Morgan fingerprint density at radius 2 is 2.00 bits per heavy atom. The van der Waals surface area contributed by atoms with Gasteiger partial charge in [-0.15, -0.1) is 0 Å². The molecule has 90 valence electrons. The lowest BCUT2D eigenvalue weighted by atomic mass is 9.98. The molecule has 0 fully saturated rings. The fourth-order valence-electron chi connectivity index (χ4n) is 1.59. The Labute approximate surface area is 99.3 Å². The first-order valence-corrected chi connectivity index (χ1v) is 5.54. The smallest absolute Gasteiger partial charge is 0.246 e. The Morgan fingerprint density at radius 3 is 2.65 bits per heavy atom. The van der Waals surface area contributed by atoms with E-state index in [9.17, 15) is 0 Å². The van der Waals surface area contributed by atoms with Gasteiger partial charge in [-0.05, 0) is 19.4 Å². The van der Waals surface area contributed by atoms with E-state index in [0.717, 1.165) is 12.8 Å². The van der Waals surface area contributed by atoms with Crippen molar-refractivity contribution in [3.63, 3.8) is 0 Å². The van der Waals surface area contributed by atoms with Crippen LogP contribution in [0.3, 0.4) is 0 Å². The summed E-state index contributed by atoms with van der Waals surface area (Å²) in [7, 11) is 0. The van der Waals surface area contributed by atoms with E-state index < -0.39 is 5.54 Å². The van der Waals surface area contributed by atoms with E-state index in [1.165, 1.54) is 0 Å². The summed E-state index contributed by atoms with van der Waals surface area (Å²) in [5, 5.41) is 3.84. The van der Waals surface area contributed by atoms with Crippen molar-refractivity contribution in [2.45, 2.75) is 32.2 Å². The van der Waals surface area contributed by atoms with E-state index in [1.807, 2.05) is 6.92 Å². The van der Waals surface area contributed by atoms with Gasteiger partial charge in [-0.1, -0.05) is 18.5 Å². The maximum atomic E-state index is 6.10. The molecule has 17 heavy (non-hydrogen) atoms. The van der Waals surface area contributed by atoms with Crippen LogP contribution in [0.5, 0.6) is 0 Å². The fraction of sp³-hybridized carbons (Fsp3) is 0.455. The van der Waals surface area contributed by atoms with Crippen LogP contribution >= 0.6 is 0 Å². The van der Waals surface area contributed by atoms with Gasteiger partial charge in [0.05, 0.1) is 5.54 Å². The summed E-state index contributed by atoms with van der Waals surface area (Å²) < 4.78 is 5.17. The highest BCUT2D eigenvalue weighted by atomic mass is 16.5. The van der Waals surface area contributed by atoms with Crippen molar-refractivity contribution in [3.05, 3.63) is 24.4 Å². The minimum absolute atomic E-state index is 0.369. The maximum absolute atomic E-state index is 6.10. The summed E-state index contributed by atoms with van der Waals surface area (Å²) in [6, 6.07) is 1.73. The van der Waals surface area contributed by atoms with E-state index in [0.29, 0.717) is 17.5 Å². The van der Waals surface area contributed by atoms with Gasteiger partial charge in [0.25, 0.3) is 0 Å². The molecule has 6 heteroatoms. The van der Waals surface area contributed by atoms with Gasteiger partial charge in [-0.25, -0.2) is 9.97 Å². The molecule has 0 aromatic carbocycles. The van der Waals surface area contributed by atoms with Gasteiger partial charge in [0, 0.05) is 12.4 Å². The lowest BCUT2D eigenvalue weighted by Gasteiger charge is -2.18. The SMILES string of the molecule is CCCC(C)(N)c1nc(-c2ncccn2)no1. The molecule has 0 aliphatic rings. The van der Waals surface area contributed by atoms with Crippen molar-refractivity contribution in [2.75, 3.05) is 0 Å². The predicted molar refractivity (Wildman–Crippen MR) is 61.8 cm³/mol. The Hall–Kier alpha value is -1.82. The van der Waals surface area contributed by atoms with E-state index in [2.05, 4.69) is 27.0 Å².